The van der Waals surface area contributed by atoms with Crippen LogP contribution < -0.4 is 0 Å². The van der Waals surface area contributed by atoms with E-state index in [9.17, 15) is 9.59 Å². The molecule has 0 fully saturated rings. The van der Waals surface area contributed by atoms with Crippen LogP contribution in [-0.2, 0) is 57.0 Å². The second kappa shape index (κ2) is 35.8. The van der Waals surface area contributed by atoms with Crippen LogP contribution in [0.5, 0.6) is 0 Å². The standard InChI is InChI=1S/C30H58O12/c1-3-4-5-6-7-8-9-10-30(32)42-28-26-40-24-22-38-20-18-36-16-14-34-12-11-33-13-15-35-17-19-37-21-23-39-25-27-41-29(2)31/h3-28H2,1-2H3. The van der Waals surface area contributed by atoms with Gasteiger partial charge in [0.15, 0.2) is 0 Å². The average Bonchev–Trinajstić information content (AvgIpc) is 2.98. The van der Waals surface area contributed by atoms with Gasteiger partial charge in [0.1, 0.15) is 13.2 Å². The highest BCUT2D eigenvalue weighted by Crippen LogP contribution is 2.08. The van der Waals surface area contributed by atoms with E-state index in [4.69, 9.17) is 47.4 Å². The highest BCUT2D eigenvalue weighted by molar-refractivity contribution is 5.69. The van der Waals surface area contributed by atoms with Crippen molar-refractivity contribution < 1.29 is 57.0 Å². The topological polar surface area (TPSA) is 126 Å². The van der Waals surface area contributed by atoms with E-state index in [0.717, 1.165) is 12.8 Å². The molecule has 0 aliphatic rings. The fourth-order valence-electron chi connectivity index (χ4n) is 3.40. The molecule has 12 nitrogen and oxygen atoms in total. The first kappa shape index (κ1) is 40.6. The zero-order valence-electron chi connectivity index (χ0n) is 26.3. The summed E-state index contributed by atoms with van der Waals surface area (Å²) in [5.74, 6) is -0.455. The molecule has 0 radical (unpaired) electrons. The Hall–Kier alpha value is -1.38. The maximum atomic E-state index is 11.7. The molecule has 0 bridgehead atoms. The number of hydrogen-bond acceptors (Lipinski definition) is 12. The van der Waals surface area contributed by atoms with Crippen LogP contribution in [0.25, 0.3) is 0 Å². The van der Waals surface area contributed by atoms with Gasteiger partial charge in [0, 0.05) is 13.3 Å². The Bertz CT molecular complexity index is 564. The molecule has 0 saturated heterocycles. The third kappa shape index (κ3) is 36.6. The zero-order chi connectivity index (χ0) is 30.6. The Morgan fingerprint density at radius 2 is 0.667 bits per heavy atom. The van der Waals surface area contributed by atoms with Crippen molar-refractivity contribution in [3.05, 3.63) is 0 Å². The summed E-state index contributed by atoms with van der Waals surface area (Å²) < 4.78 is 53.2. The molecule has 0 amide bonds. The fraction of sp³-hybridized carbons (Fsp3) is 0.933. The van der Waals surface area contributed by atoms with E-state index in [0.29, 0.717) is 112 Å². The molecule has 0 aliphatic carbocycles. The second-order valence-electron chi connectivity index (χ2n) is 9.33. The summed E-state index contributed by atoms with van der Waals surface area (Å²) in [6.45, 7) is 11.6. The molecule has 0 spiro atoms. The van der Waals surface area contributed by atoms with Gasteiger partial charge in [-0.1, -0.05) is 45.4 Å². The summed E-state index contributed by atoms with van der Waals surface area (Å²) >= 11 is 0. The van der Waals surface area contributed by atoms with Gasteiger partial charge < -0.3 is 47.4 Å². The molecule has 0 rings (SSSR count). The molecular weight excluding hydrogens is 552 g/mol. The molecule has 0 aromatic rings. The lowest BCUT2D eigenvalue weighted by Crippen LogP contribution is -2.15. The van der Waals surface area contributed by atoms with E-state index in [2.05, 4.69) is 6.92 Å². The third-order valence-corrected chi connectivity index (χ3v) is 5.61. The lowest BCUT2D eigenvalue weighted by Gasteiger charge is -2.09. The van der Waals surface area contributed by atoms with Crippen molar-refractivity contribution in [3.8, 4) is 0 Å². The van der Waals surface area contributed by atoms with Gasteiger partial charge >= 0.3 is 11.9 Å². The Kier molecular flexibility index (Phi) is 34.6. The molecule has 0 aromatic carbocycles. The van der Waals surface area contributed by atoms with Gasteiger partial charge in [0.2, 0.25) is 0 Å². The summed E-state index contributed by atoms with van der Waals surface area (Å²) in [4.78, 5) is 22.3. The van der Waals surface area contributed by atoms with Crippen LogP contribution in [0.3, 0.4) is 0 Å². The fourth-order valence-corrected chi connectivity index (χ4v) is 3.40. The van der Waals surface area contributed by atoms with Gasteiger partial charge in [0.25, 0.3) is 0 Å². The van der Waals surface area contributed by atoms with Gasteiger partial charge in [-0.15, -0.1) is 0 Å². The van der Waals surface area contributed by atoms with E-state index in [1.54, 1.807) is 0 Å². The number of rotatable bonds is 35. The Balaban J connectivity index is 3.11. The van der Waals surface area contributed by atoms with Gasteiger partial charge in [-0.05, 0) is 6.42 Å². The van der Waals surface area contributed by atoms with Crippen LogP contribution in [0.1, 0.15) is 65.2 Å². The summed E-state index contributed by atoms with van der Waals surface area (Å²) in [6, 6.07) is 0. The predicted molar refractivity (Wildman–Crippen MR) is 157 cm³/mol. The molecule has 0 N–H and O–H groups in total. The highest BCUT2D eigenvalue weighted by atomic mass is 16.6. The number of ether oxygens (including phenoxy) is 10. The predicted octanol–water partition coefficient (Wildman–Crippen LogP) is 3.37. The van der Waals surface area contributed by atoms with Crippen molar-refractivity contribution in [3.63, 3.8) is 0 Å². The minimum atomic E-state index is -0.312. The number of carbonyl (C=O) groups is 2. The molecule has 42 heavy (non-hydrogen) atoms. The molecule has 0 atom stereocenters. The van der Waals surface area contributed by atoms with Crippen LogP contribution in [-0.4, -0.2) is 131 Å². The van der Waals surface area contributed by atoms with Crippen molar-refractivity contribution in [2.75, 3.05) is 119 Å². The molecule has 0 aliphatic heterocycles. The Morgan fingerprint density at radius 3 is 1.00 bits per heavy atom. The van der Waals surface area contributed by atoms with Crippen molar-refractivity contribution in [2.24, 2.45) is 0 Å². The molecular formula is C30H58O12. The first-order valence-electron chi connectivity index (χ1n) is 15.6. The first-order valence-corrected chi connectivity index (χ1v) is 15.6. The molecule has 0 heterocycles. The zero-order valence-corrected chi connectivity index (χ0v) is 26.3. The Labute approximate surface area is 253 Å². The number of esters is 2. The van der Waals surface area contributed by atoms with E-state index in [1.807, 2.05) is 0 Å². The van der Waals surface area contributed by atoms with E-state index < -0.39 is 0 Å². The van der Waals surface area contributed by atoms with Crippen LogP contribution >= 0.6 is 0 Å². The smallest absolute Gasteiger partial charge is 0.305 e. The van der Waals surface area contributed by atoms with Crippen LogP contribution in [0.2, 0.25) is 0 Å². The van der Waals surface area contributed by atoms with Crippen molar-refractivity contribution >= 4 is 11.9 Å². The quantitative estimate of drug-likeness (QED) is 0.0771. The van der Waals surface area contributed by atoms with Crippen molar-refractivity contribution in [2.45, 2.75) is 65.2 Å². The molecule has 250 valence electrons. The summed E-state index contributed by atoms with van der Waals surface area (Å²) in [5.41, 5.74) is 0. The van der Waals surface area contributed by atoms with E-state index in [1.165, 1.54) is 39.0 Å². The maximum absolute atomic E-state index is 11.7. The molecule has 0 saturated carbocycles. The van der Waals surface area contributed by atoms with Gasteiger partial charge in [0.05, 0.1) is 106 Å². The minimum Gasteiger partial charge on any atom is -0.463 e. The second-order valence-corrected chi connectivity index (χ2v) is 9.33. The van der Waals surface area contributed by atoms with E-state index in [-0.39, 0.29) is 25.2 Å². The summed E-state index contributed by atoms with van der Waals surface area (Å²) in [7, 11) is 0. The average molecular weight is 611 g/mol. The monoisotopic (exact) mass is 610 g/mol. The normalized spacial score (nSPS) is 11.2. The van der Waals surface area contributed by atoms with Crippen molar-refractivity contribution in [1.82, 2.24) is 0 Å². The lowest BCUT2D eigenvalue weighted by atomic mass is 10.1. The van der Waals surface area contributed by atoms with Gasteiger partial charge in [-0.3, -0.25) is 9.59 Å². The van der Waals surface area contributed by atoms with Crippen molar-refractivity contribution in [1.29, 1.82) is 0 Å². The Morgan fingerprint density at radius 1 is 0.381 bits per heavy atom. The largest absolute Gasteiger partial charge is 0.463 e. The number of hydrogen-bond donors (Lipinski definition) is 0. The molecule has 0 unspecified atom stereocenters. The SMILES string of the molecule is CCCCCCCCCC(=O)OCCOCCOCCOCCOCCOCCOCCOCCOCCOC(C)=O. The highest BCUT2D eigenvalue weighted by Gasteiger charge is 2.02. The number of unbranched alkanes of at least 4 members (excludes halogenated alkanes) is 6. The van der Waals surface area contributed by atoms with E-state index >= 15 is 0 Å². The molecule has 12 heteroatoms. The number of carbonyl (C=O) groups excluding carboxylic acids is 2. The molecule has 0 aromatic heterocycles. The summed E-state index contributed by atoms with van der Waals surface area (Å²) in [5, 5.41) is 0. The maximum Gasteiger partial charge on any atom is 0.305 e. The lowest BCUT2D eigenvalue weighted by molar-refractivity contribution is -0.145. The van der Waals surface area contributed by atoms with Crippen LogP contribution in [0.15, 0.2) is 0 Å². The van der Waals surface area contributed by atoms with Gasteiger partial charge in [-0.2, -0.15) is 0 Å². The minimum absolute atomic E-state index is 0.143. The summed E-state index contributed by atoms with van der Waals surface area (Å²) in [6.07, 6.45) is 8.79. The van der Waals surface area contributed by atoms with Gasteiger partial charge in [-0.25, -0.2) is 0 Å². The third-order valence-electron chi connectivity index (χ3n) is 5.61. The van der Waals surface area contributed by atoms with Crippen LogP contribution in [0.4, 0.5) is 0 Å². The van der Waals surface area contributed by atoms with Crippen LogP contribution in [0, 0.1) is 0 Å². The first-order chi connectivity index (χ1) is 20.7.